The highest BCUT2D eigenvalue weighted by molar-refractivity contribution is 7.89. The van der Waals surface area contributed by atoms with E-state index in [0.717, 1.165) is 0 Å². The van der Waals surface area contributed by atoms with Crippen LogP contribution in [0.3, 0.4) is 0 Å². The molecule has 0 saturated carbocycles. The van der Waals surface area contributed by atoms with Gasteiger partial charge in [-0.05, 0) is 18.2 Å². The van der Waals surface area contributed by atoms with Crippen molar-refractivity contribution in [1.82, 2.24) is 14.7 Å². The minimum absolute atomic E-state index is 0.126. The molecule has 0 unspecified atom stereocenters. The highest BCUT2D eigenvalue weighted by atomic mass is 32.2. The quantitative estimate of drug-likeness (QED) is 0.821. The lowest BCUT2D eigenvalue weighted by Crippen LogP contribution is -2.28. The average Bonchev–Trinajstić information content (AvgIpc) is 2.90. The largest absolute Gasteiger partial charge is 0.417 e. The Balaban J connectivity index is 2.22. The maximum atomic E-state index is 13.0. The standard InChI is InChI=1S/C12H11F4N3O2S/c13-8-1-2-11(10(5-8)12(14,15)16)22(20,21)19-4-3-9-6-17-7-18-9/h1-2,5-7,19H,3-4H2,(H,17,18). The number of halogens is 4. The van der Waals surface area contributed by atoms with Crippen molar-refractivity contribution in [3.63, 3.8) is 0 Å². The van der Waals surface area contributed by atoms with Gasteiger partial charge in [-0.15, -0.1) is 0 Å². The first-order valence-electron chi connectivity index (χ1n) is 6.04. The Morgan fingerprint density at radius 2 is 2.00 bits per heavy atom. The van der Waals surface area contributed by atoms with Gasteiger partial charge in [0.2, 0.25) is 10.0 Å². The molecule has 1 aromatic heterocycles. The number of sulfonamides is 1. The van der Waals surface area contributed by atoms with Gasteiger partial charge in [-0.1, -0.05) is 0 Å². The van der Waals surface area contributed by atoms with Crippen molar-refractivity contribution < 1.29 is 26.0 Å². The summed E-state index contributed by atoms with van der Waals surface area (Å²) in [4.78, 5) is 5.45. The van der Waals surface area contributed by atoms with Crippen LogP contribution in [-0.4, -0.2) is 24.9 Å². The Bertz CT molecular complexity index is 742. The normalized spacial score (nSPS) is 12.5. The maximum absolute atomic E-state index is 13.0. The van der Waals surface area contributed by atoms with Gasteiger partial charge in [0.25, 0.3) is 0 Å². The zero-order valence-electron chi connectivity index (χ0n) is 11.0. The number of benzene rings is 1. The molecule has 0 atom stereocenters. The van der Waals surface area contributed by atoms with Crippen molar-refractivity contribution in [2.24, 2.45) is 0 Å². The van der Waals surface area contributed by atoms with E-state index in [1.165, 1.54) is 12.5 Å². The highest BCUT2D eigenvalue weighted by Gasteiger charge is 2.37. The van der Waals surface area contributed by atoms with Crippen LogP contribution in [0.15, 0.2) is 35.6 Å². The fourth-order valence-corrected chi connectivity index (χ4v) is 3.01. The van der Waals surface area contributed by atoms with Crippen LogP contribution in [0.5, 0.6) is 0 Å². The molecule has 10 heteroatoms. The number of nitrogens with zero attached hydrogens (tertiary/aromatic N) is 1. The summed E-state index contributed by atoms with van der Waals surface area (Å²) >= 11 is 0. The van der Waals surface area contributed by atoms with Gasteiger partial charge in [0, 0.05) is 24.9 Å². The lowest BCUT2D eigenvalue weighted by Gasteiger charge is -2.13. The number of rotatable bonds is 5. The minimum atomic E-state index is -4.98. The number of imidazole rings is 1. The molecule has 2 aromatic rings. The van der Waals surface area contributed by atoms with E-state index in [4.69, 9.17) is 0 Å². The van der Waals surface area contributed by atoms with Gasteiger partial charge >= 0.3 is 6.18 Å². The molecule has 0 fully saturated rings. The number of H-pyrrole nitrogens is 1. The average molecular weight is 337 g/mol. The van der Waals surface area contributed by atoms with Crippen molar-refractivity contribution in [3.05, 3.63) is 47.8 Å². The number of aromatic nitrogens is 2. The van der Waals surface area contributed by atoms with E-state index in [9.17, 15) is 26.0 Å². The summed E-state index contributed by atoms with van der Waals surface area (Å²) in [6.07, 6.45) is -1.89. The van der Waals surface area contributed by atoms with Crippen LogP contribution in [0.1, 0.15) is 11.3 Å². The maximum Gasteiger partial charge on any atom is 0.417 e. The summed E-state index contributed by atoms with van der Waals surface area (Å²) in [7, 11) is -4.42. The van der Waals surface area contributed by atoms with Crippen LogP contribution in [-0.2, 0) is 22.6 Å². The summed E-state index contributed by atoms with van der Waals surface area (Å²) in [6.45, 7) is -0.126. The molecule has 2 N–H and O–H groups in total. The molecule has 0 spiro atoms. The van der Waals surface area contributed by atoms with Crippen molar-refractivity contribution >= 4 is 10.0 Å². The molecule has 1 heterocycles. The van der Waals surface area contributed by atoms with Gasteiger partial charge < -0.3 is 4.98 Å². The second-order valence-corrected chi connectivity index (χ2v) is 6.10. The topological polar surface area (TPSA) is 74.8 Å². The molecular weight excluding hydrogens is 326 g/mol. The van der Waals surface area contributed by atoms with Crippen molar-refractivity contribution in [1.29, 1.82) is 0 Å². The van der Waals surface area contributed by atoms with Crippen LogP contribution in [0, 0.1) is 5.82 Å². The van der Waals surface area contributed by atoms with E-state index in [2.05, 4.69) is 9.97 Å². The molecule has 0 amide bonds. The monoisotopic (exact) mass is 337 g/mol. The first-order valence-corrected chi connectivity index (χ1v) is 7.52. The van der Waals surface area contributed by atoms with Crippen LogP contribution >= 0.6 is 0 Å². The van der Waals surface area contributed by atoms with E-state index >= 15 is 0 Å². The zero-order valence-corrected chi connectivity index (χ0v) is 11.8. The van der Waals surface area contributed by atoms with E-state index in [0.29, 0.717) is 17.8 Å². The molecule has 22 heavy (non-hydrogen) atoms. The van der Waals surface area contributed by atoms with E-state index < -0.39 is 32.5 Å². The number of aromatic amines is 1. The lowest BCUT2D eigenvalue weighted by atomic mass is 10.2. The number of hydrogen-bond donors (Lipinski definition) is 2. The van der Waals surface area contributed by atoms with Gasteiger partial charge in [-0.3, -0.25) is 0 Å². The zero-order chi connectivity index (χ0) is 16.4. The van der Waals surface area contributed by atoms with Gasteiger partial charge in [0.1, 0.15) is 5.82 Å². The van der Waals surface area contributed by atoms with Crippen LogP contribution in [0.25, 0.3) is 0 Å². The molecule has 0 saturated heterocycles. The Morgan fingerprint density at radius 1 is 1.27 bits per heavy atom. The van der Waals surface area contributed by atoms with E-state index in [-0.39, 0.29) is 19.0 Å². The predicted molar refractivity (Wildman–Crippen MR) is 68.9 cm³/mol. The summed E-state index contributed by atoms with van der Waals surface area (Å²) in [5.74, 6) is -1.16. The third-order valence-corrected chi connectivity index (χ3v) is 4.30. The van der Waals surface area contributed by atoms with Gasteiger partial charge in [0.15, 0.2) is 0 Å². The summed E-state index contributed by atoms with van der Waals surface area (Å²) in [5, 5.41) is 0. The van der Waals surface area contributed by atoms with Crippen LogP contribution in [0.2, 0.25) is 0 Å². The van der Waals surface area contributed by atoms with Crippen molar-refractivity contribution in [3.8, 4) is 0 Å². The SMILES string of the molecule is O=S(=O)(NCCc1cnc[nH]1)c1ccc(F)cc1C(F)(F)F. The summed E-state index contributed by atoms with van der Waals surface area (Å²) in [6, 6.07) is 1.42. The van der Waals surface area contributed by atoms with Crippen molar-refractivity contribution in [2.45, 2.75) is 17.5 Å². The second kappa shape index (κ2) is 6.05. The van der Waals surface area contributed by atoms with Gasteiger partial charge in [-0.25, -0.2) is 22.5 Å². The molecule has 0 aliphatic rings. The first-order chi connectivity index (χ1) is 10.2. The second-order valence-electron chi connectivity index (χ2n) is 4.36. The van der Waals surface area contributed by atoms with E-state index in [1.807, 2.05) is 4.72 Å². The summed E-state index contributed by atoms with van der Waals surface area (Å²) < 4.78 is 77.5. The third kappa shape index (κ3) is 3.83. The molecule has 5 nitrogen and oxygen atoms in total. The Kier molecular flexibility index (Phi) is 4.52. The highest BCUT2D eigenvalue weighted by Crippen LogP contribution is 2.34. The first kappa shape index (κ1) is 16.4. The smallest absolute Gasteiger partial charge is 0.348 e. The molecular formula is C12H11F4N3O2S. The molecule has 120 valence electrons. The van der Waals surface area contributed by atoms with E-state index in [1.54, 1.807) is 0 Å². The molecule has 0 radical (unpaired) electrons. The number of hydrogen-bond acceptors (Lipinski definition) is 3. The minimum Gasteiger partial charge on any atom is -0.348 e. The van der Waals surface area contributed by atoms with Gasteiger partial charge in [-0.2, -0.15) is 13.2 Å². The number of nitrogens with one attached hydrogen (secondary N) is 2. The van der Waals surface area contributed by atoms with Crippen LogP contribution in [0.4, 0.5) is 17.6 Å². The molecule has 0 bridgehead atoms. The fourth-order valence-electron chi connectivity index (χ4n) is 1.78. The molecule has 0 aliphatic carbocycles. The van der Waals surface area contributed by atoms with Crippen LogP contribution < -0.4 is 4.72 Å². The fraction of sp³-hybridized carbons (Fsp3) is 0.250. The molecule has 1 aromatic carbocycles. The molecule has 0 aliphatic heterocycles. The predicted octanol–water partition coefficient (Wildman–Crippen LogP) is 2.09. The van der Waals surface area contributed by atoms with Crippen molar-refractivity contribution in [2.75, 3.05) is 6.54 Å². The Morgan fingerprint density at radius 3 is 2.59 bits per heavy atom. The van der Waals surface area contributed by atoms with Gasteiger partial charge in [0.05, 0.1) is 16.8 Å². The number of alkyl halides is 3. The lowest BCUT2D eigenvalue weighted by molar-refractivity contribution is -0.140. The third-order valence-electron chi connectivity index (χ3n) is 2.78. The Labute approximate surface area is 123 Å². The molecule has 2 rings (SSSR count). The Hall–Kier alpha value is -1.94. The summed E-state index contributed by atoms with van der Waals surface area (Å²) in [5.41, 5.74) is -0.917.